The van der Waals surface area contributed by atoms with Crippen molar-refractivity contribution in [3.63, 3.8) is 0 Å². The highest BCUT2D eigenvalue weighted by molar-refractivity contribution is 5.96. The van der Waals surface area contributed by atoms with Gasteiger partial charge in [-0.15, -0.1) is 5.10 Å². The van der Waals surface area contributed by atoms with Crippen molar-refractivity contribution in [3.8, 4) is 5.88 Å². The molecule has 3 aromatic heterocycles. The maximum Gasteiger partial charge on any atom is 0.291 e. The first-order chi connectivity index (χ1) is 15.1. The average Bonchev–Trinajstić information content (AvgIpc) is 3.49. The Kier molecular flexibility index (Phi) is 5.05. The first-order valence-electron chi connectivity index (χ1n) is 10.8. The van der Waals surface area contributed by atoms with Crippen LogP contribution in [0.2, 0.25) is 0 Å². The Labute approximate surface area is 178 Å². The standard InChI is InChI=1S/C21H25N7O3/c29-19(24-14-6-7-14)18-20(30)27(12-13-4-2-1-3-5-13)17-10-15(26-28(17)21(18)31)25-16-11-22-8-9-23-16/h8-11,13-14,30H,1-7,12H2,(H,24,29)(H,23,25,26). The SMILES string of the molecule is O=C(NC1CC1)c1c(O)n(CC2CCCCC2)c2cc(Nc3cnccn3)nn2c1=O. The second-order valence-corrected chi connectivity index (χ2v) is 8.38. The van der Waals surface area contributed by atoms with Crippen LogP contribution in [0.15, 0.2) is 29.5 Å². The summed E-state index contributed by atoms with van der Waals surface area (Å²) >= 11 is 0. The predicted molar refractivity (Wildman–Crippen MR) is 113 cm³/mol. The zero-order valence-electron chi connectivity index (χ0n) is 17.1. The second kappa shape index (κ2) is 8.01. The fourth-order valence-electron chi connectivity index (χ4n) is 4.21. The van der Waals surface area contributed by atoms with E-state index in [4.69, 9.17) is 0 Å². The van der Waals surface area contributed by atoms with Crippen LogP contribution in [-0.4, -0.2) is 41.2 Å². The number of rotatable bonds is 6. The lowest BCUT2D eigenvalue weighted by atomic mass is 9.89. The van der Waals surface area contributed by atoms with Crippen LogP contribution in [0.4, 0.5) is 11.6 Å². The van der Waals surface area contributed by atoms with Crippen LogP contribution in [0.3, 0.4) is 0 Å². The van der Waals surface area contributed by atoms with E-state index in [0.29, 0.717) is 29.7 Å². The van der Waals surface area contributed by atoms with Crippen LogP contribution in [-0.2, 0) is 6.54 Å². The second-order valence-electron chi connectivity index (χ2n) is 8.38. The largest absolute Gasteiger partial charge is 0.494 e. The molecule has 2 aliphatic rings. The summed E-state index contributed by atoms with van der Waals surface area (Å²) in [5, 5.41) is 21.2. The van der Waals surface area contributed by atoms with Gasteiger partial charge in [-0.3, -0.25) is 19.1 Å². The maximum atomic E-state index is 13.1. The highest BCUT2D eigenvalue weighted by Crippen LogP contribution is 2.29. The molecule has 3 N–H and O–H groups in total. The molecule has 162 valence electrons. The fraction of sp³-hybridized carbons (Fsp3) is 0.476. The minimum absolute atomic E-state index is 0.0697. The average molecular weight is 423 g/mol. The number of aromatic nitrogens is 5. The Morgan fingerprint density at radius 3 is 2.65 bits per heavy atom. The normalized spacial score (nSPS) is 17.0. The topological polar surface area (TPSA) is 126 Å². The van der Waals surface area contributed by atoms with E-state index in [-0.39, 0.29) is 17.5 Å². The maximum absolute atomic E-state index is 13.1. The van der Waals surface area contributed by atoms with E-state index in [1.54, 1.807) is 29.2 Å². The van der Waals surface area contributed by atoms with Crippen LogP contribution < -0.4 is 16.2 Å². The van der Waals surface area contributed by atoms with E-state index >= 15 is 0 Å². The molecule has 2 saturated carbocycles. The van der Waals surface area contributed by atoms with Crippen LogP contribution in [0.5, 0.6) is 5.88 Å². The molecule has 0 spiro atoms. The lowest BCUT2D eigenvalue weighted by Crippen LogP contribution is -2.34. The summed E-state index contributed by atoms with van der Waals surface area (Å²) < 4.78 is 2.83. The number of nitrogens with zero attached hydrogens (tertiary/aromatic N) is 5. The van der Waals surface area contributed by atoms with Gasteiger partial charge in [0.25, 0.3) is 11.5 Å². The zero-order chi connectivity index (χ0) is 21.4. The highest BCUT2D eigenvalue weighted by Gasteiger charge is 2.30. The van der Waals surface area contributed by atoms with Crippen LogP contribution in [0.25, 0.3) is 5.65 Å². The van der Waals surface area contributed by atoms with Crippen LogP contribution in [0.1, 0.15) is 55.3 Å². The van der Waals surface area contributed by atoms with Gasteiger partial charge in [-0.1, -0.05) is 19.3 Å². The van der Waals surface area contributed by atoms with Crippen LogP contribution >= 0.6 is 0 Å². The zero-order valence-corrected chi connectivity index (χ0v) is 17.1. The summed E-state index contributed by atoms with van der Waals surface area (Å²) in [5.41, 5.74) is -0.468. The van der Waals surface area contributed by atoms with Gasteiger partial charge in [0, 0.05) is 31.0 Å². The molecule has 0 unspecified atom stereocenters. The minimum atomic E-state index is -0.641. The highest BCUT2D eigenvalue weighted by atomic mass is 16.3. The van der Waals surface area contributed by atoms with Crippen molar-refractivity contribution in [2.24, 2.45) is 5.92 Å². The van der Waals surface area contributed by atoms with Gasteiger partial charge >= 0.3 is 0 Å². The molecule has 1 amide bonds. The number of aromatic hydroxyl groups is 1. The summed E-state index contributed by atoms with van der Waals surface area (Å²) in [6.45, 7) is 0.523. The Morgan fingerprint density at radius 1 is 1.13 bits per heavy atom. The Morgan fingerprint density at radius 2 is 1.94 bits per heavy atom. The number of fused-ring (bicyclic) bond motifs is 1. The molecule has 0 aliphatic heterocycles. The third-order valence-electron chi connectivity index (χ3n) is 5.98. The van der Waals surface area contributed by atoms with Crippen molar-refractivity contribution in [2.45, 2.75) is 57.5 Å². The Hall–Kier alpha value is -3.43. The molecule has 31 heavy (non-hydrogen) atoms. The Bertz CT molecular complexity index is 1160. The molecule has 0 atom stereocenters. The van der Waals surface area contributed by atoms with Crippen molar-refractivity contribution in [1.82, 2.24) is 29.5 Å². The number of nitrogens with one attached hydrogen (secondary N) is 2. The monoisotopic (exact) mass is 423 g/mol. The molecule has 10 nitrogen and oxygen atoms in total. The molecular formula is C21H25N7O3. The van der Waals surface area contributed by atoms with Crippen LogP contribution in [0, 0.1) is 5.92 Å². The van der Waals surface area contributed by atoms with E-state index in [9.17, 15) is 14.7 Å². The lowest BCUT2D eigenvalue weighted by Gasteiger charge is -2.24. The van der Waals surface area contributed by atoms with Gasteiger partial charge in [0.15, 0.2) is 11.4 Å². The van der Waals surface area contributed by atoms with Crippen molar-refractivity contribution in [3.05, 3.63) is 40.6 Å². The van der Waals surface area contributed by atoms with E-state index in [1.807, 2.05) is 0 Å². The number of hydrogen-bond donors (Lipinski definition) is 3. The summed E-state index contributed by atoms with van der Waals surface area (Å²) in [7, 11) is 0. The first-order valence-corrected chi connectivity index (χ1v) is 10.8. The van der Waals surface area contributed by atoms with Gasteiger partial charge in [-0.25, -0.2) is 4.98 Å². The van der Waals surface area contributed by atoms with E-state index in [2.05, 4.69) is 25.7 Å². The van der Waals surface area contributed by atoms with Gasteiger partial charge in [0.1, 0.15) is 11.5 Å². The molecule has 2 aliphatic carbocycles. The number of carbonyl (C=O) groups excluding carboxylic acids is 1. The molecule has 0 bridgehead atoms. The lowest BCUT2D eigenvalue weighted by molar-refractivity contribution is 0.0944. The van der Waals surface area contributed by atoms with E-state index in [0.717, 1.165) is 38.5 Å². The van der Waals surface area contributed by atoms with Crippen molar-refractivity contribution in [1.29, 1.82) is 0 Å². The third kappa shape index (κ3) is 3.97. The van der Waals surface area contributed by atoms with Gasteiger partial charge in [0.2, 0.25) is 5.88 Å². The first kappa shape index (κ1) is 19.5. The molecular weight excluding hydrogens is 398 g/mol. The van der Waals surface area contributed by atoms with Gasteiger partial charge in [-0.2, -0.15) is 4.52 Å². The van der Waals surface area contributed by atoms with Crippen molar-refractivity contribution >= 4 is 23.2 Å². The summed E-state index contributed by atoms with van der Waals surface area (Å²) in [6, 6.07) is 1.75. The van der Waals surface area contributed by atoms with E-state index < -0.39 is 11.5 Å². The van der Waals surface area contributed by atoms with Crippen molar-refractivity contribution in [2.75, 3.05) is 5.32 Å². The van der Waals surface area contributed by atoms with Crippen molar-refractivity contribution < 1.29 is 9.90 Å². The molecule has 0 radical (unpaired) electrons. The molecule has 10 heteroatoms. The Balaban J connectivity index is 1.59. The van der Waals surface area contributed by atoms with E-state index in [1.165, 1.54) is 10.9 Å². The molecule has 0 saturated heterocycles. The molecule has 0 aromatic carbocycles. The van der Waals surface area contributed by atoms with Gasteiger partial charge < -0.3 is 15.7 Å². The smallest absolute Gasteiger partial charge is 0.291 e. The molecule has 3 aromatic rings. The number of anilines is 2. The summed E-state index contributed by atoms with van der Waals surface area (Å²) in [5.74, 6) is 0.384. The summed E-state index contributed by atoms with van der Waals surface area (Å²) in [4.78, 5) is 34.1. The predicted octanol–water partition coefficient (Wildman–Crippen LogP) is 2.21. The molecule has 2 fully saturated rings. The van der Waals surface area contributed by atoms with Gasteiger partial charge in [-0.05, 0) is 31.6 Å². The fourth-order valence-corrected chi connectivity index (χ4v) is 4.21. The van der Waals surface area contributed by atoms with Gasteiger partial charge in [0.05, 0.1) is 6.20 Å². The third-order valence-corrected chi connectivity index (χ3v) is 5.98. The summed E-state index contributed by atoms with van der Waals surface area (Å²) in [6.07, 6.45) is 12.1. The quantitative estimate of drug-likeness (QED) is 0.555. The number of hydrogen-bond acceptors (Lipinski definition) is 7. The molecule has 5 rings (SSSR count). The number of carbonyl (C=O) groups is 1. The number of amides is 1. The minimum Gasteiger partial charge on any atom is -0.494 e. The molecule has 3 heterocycles.